The van der Waals surface area contributed by atoms with Crippen LogP contribution in [0.5, 0.6) is 0 Å². The van der Waals surface area contributed by atoms with Crippen molar-refractivity contribution in [1.82, 2.24) is 14.9 Å². The summed E-state index contributed by atoms with van der Waals surface area (Å²) in [5, 5.41) is 3.36. The summed E-state index contributed by atoms with van der Waals surface area (Å²) in [4.78, 5) is 10.6. The first-order valence-electron chi connectivity index (χ1n) is 8.95. The number of likely N-dealkylation sites (N-methyl/N-ethyl adjacent to an activating group) is 1. The van der Waals surface area contributed by atoms with Gasteiger partial charge in [-0.25, -0.2) is 14.4 Å². The Balaban J connectivity index is 1.64. The third kappa shape index (κ3) is 2.83. The van der Waals surface area contributed by atoms with E-state index < -0.39 is 0 Å². The number of rotatable bonds is 2. The number of benzene rings is 2. The van der Waals surface area contributed by atoms with Crippen molar-refractivity contribution in [2.24, 2.45) is 0 Å². The molecule has 0 saturated carbocycles. The molecule has 1 unspecified atom stereocenters. The molecule has 3 heterocycles. The predicted molar refractivity (Wildman–Crippen MR) is 107 cm³/mol. The molecule has 27 heavy (non-hydrogen) atoms. The monoisotopic (exact) mass is 375 g/mol. The fourth-order valence-electron chi connectivity index (χ4n) is 3.97. The zero-order chi connectivity index (χ0) is 18.4. The van der Waals surface area contributed by atoms with Gasteiger partial charge in [-0.3, -0.25) is 0 Å². The minimum atomic E-state index is -0.202. The van der Waals surface area contributed by atoms with Crippen LogP contribution in [-0.4, -0.2) is 28.5 Å². The average molecular weight is 375 g/mol. The van der Waals surface area contributed by atoms with Gasteiger partial charge in [-0.05, 0) is 59.3 Å². The topological polar surface area (TPSA) is 29.0 Å². The van der Waals surface area contributed by atoms with Crippen LogP contribution < -0.4 is 0 Å². The van der Waals surface area contributed by atoms with E-state index in [0.29, 0.717) is 17.9 Å². The van der Waals surface area contributed by atoms with Crippen LogP contribution in [0, 0.1) is 5.82 Å². The Kier molecular flexibility index (Phi) is 3.99. The standard InChI is InChI=1S/C22H18FN3S/c1-26-12-18(14-3-6-20-15(11-14)7-10-27-20)16-4-5-17(21(23)19(16)13-26)22-24-8-2-9-25-22/h2-11,18H,12-13H2,1H3. The number of halogens is 1. The Bertz CT molecular complexity index is 1120. The Morgan fingerprint density at radius 2 is 1.96 bits per heavy atom. The molecule has 5 heteroatoms. The summed E-state index contributed by atoms with van der Waals surface area (Å²) in [5.74, 6) is 0.387. The van der Waals surface area contributed by atoms with Crippen LogP contribution in [0.1, 0.15) is 22.6 Å². The van der Waals surface area contributed by atoms with E-state index in [9.17, 15) is 0 Å². The number of aromatic nitrogens is 2. The van der Waals surface area contributed by atoms with Gasteiger partial charge in [0, 0.05) is 41.7 Å². The molecule has 0 amide bonds. The SMILES string of the molecule is CN1Cc2c(ccc(-c3ncccn3)c2F)C(c2ccc3sccc3c2)C1. The molecule has 0 fully saturated rings. The van der Waals surface area contributed by atoms with Crippen molar-refractivity contribution < 1.29 is 4.39 Å². The van der Waals surface area contributed by atoms with E-state index >= 15 is 4.39 Å². The highest BCUT2D eigenvalue weighted by molar-refractivity contribution is 7.17. The average Bonchev–Trinajstić information content (AvgIpc) is 3.17. The van der Waals surface area contributed by atoms with E-state index in [4.69, 9.17) is 0 Å². The van der Waals surface area contributed by atoms with Gasteiger partial charge in [0.1, 0.15) is 5.82 Å². The van der Waals surface area contributed by atoms with Crippen molar-refractivity contribution in [2.75, 3.05) is 13.6 Å². The van der Waals surface area contributed by atoms with Crippen LogP contribution in [0.2, 0.25) is 0 Å². The van der Waals surface area contributed by atoms with Gasteiger partial charge in [0.2, 0.25) is 0 Å². The predicted octanol–water partition coefficient (Wildman–Crippen LogP) is 5.07. The van der Waals surface area contributed by atoms with Crippen LogP contribution in [0.15, 0.2) is 60.2 Å². The second-order valence-corrected chi connectivity index (χ2v) is 7.98. The lowest BCUT2D eigenvalue weighted by Gasteiger charge is -2.33. The lowest BCUT2D eigenvalue weighted by Crippen LogP contribution is -2.31. The highest BCUT2D eigenvalue weighted by Crippen LogP contribution is 2.38. The molecule has 0 spiro atoms. The van der Waals surface area contributed by atoms with E-state index in [0.717, 1.165) is 17.7 Å². The summed E-state index contributed by atoms with van der Waals surface area (Å²) in [7, 11) is 2.05. The summed E-state index contributed by atoms with van der Waals surface area (Å²) in [6.07, 6.45) is 3.29. The molecule has 0 bridgehead atoms. The van der Waals surface area contributed by atoms with Crippen molar-refractivity contribution in [1.29, 1.82) is 0 Å². The molecule has 1 aliphatic rings. The number of hydrogen-bond donors (Lipinski definition) is 0. The van der Waals surface area contributed by atoms with Crippen molar-refractivity contribution in [3.05, 3.63) is 82.7 Å². The lowest BCUT2D eigenvalue weighted by molar-refractivity contribution is 0.289. The Morgan fingerprint density at radius 1 is 1.11 bits per heavy atom. The summed E-state index contributed by atoms with van der Waals surface area (Å²) >= 11 is 1.75. The van der Waals surface area contributed by atoms with E-state index in [-0.39, 0.29) is 11.7 Å². The molecule has 5 rings (SSSR count). The Hall–Kier alpha value is -2.63. The molecule has 2 aromatic carbocycles. The van der Waals surface area contributed by atoms with Gasteiger partial charge in [0.15, 0.2) is 5.82 Å². The zero-order valence-electron chi connectivity index (χ0n) is 14.9. The second-order valence-electron chi connectivity index (χ2n) is 7.03. The van der Waals surface area contributed by atoms with E-state index in [1.54, 1.807) is 29.8 Å². The molecule has 0 aliphatic carbocycles. The summed E-state index contributed by atoms with van der Waals surface area (Å²) in [5.41, 5.74) is 3.53. The maximum Gasteiger partial charge on any atom is 0.162 e. The van der Waals surface area contributed by atoms with Crippen LogP contribution in [0.25, 0.3) is 21.5 Å². The molecular formula is C22H18FN3S. The Labute approximate surface area is 161 Å². The third-order valence-electron chi connectivity index (χ3n) is 5.26. The van der Waals surface area contributed by atoms with Crippen LogP contribution in [-0.2, 0) is 6.54 Å². The maximum absolute atomic E-state index is 15.4. The van der Waals surface area contributed by atoms with Gasteiger partial charge in [-0.2, -0.15) is 0 Å². The van der Waals surface area contributed by atoms with Crippen LogP contribution >= 0.6 is 11.3 Å². The normalized spacial score (nSPS) is 17.2. The minimum absolute atomic E-state index is 0.156. The molecule has 0 radical (unpaired) electrons. The summed E-state index contributed by atoms with van der Waals surface area (Å²) < 4.78 is 16.7. The molecule has 1 atom stereocenters. The molecule has 4 aromatic rings. The first kappa shape index (κ1) is 16.5. The quantitative estimate of drug-likeness (QED) is 0.489. The fraction of sp³-hybridized carbons (Fsp3) is 0.182. The molecule has 3 nitrogen and oxygen atoms in total. The number of fused-ring (bicyclic) bond motifs is 2. The van der Waals surface area contributed by atoms with E-state index in [1.165, 1.54) is 15.6 Å². The zero-order valence-corrected chi connectivity index (χ0v) is 15.7. The van der Waals surface area contributed by atoms with Gasteiger partial charge >= 0.3 is 0 Å². The number of nitrogens with zero attached hydrogens (tertiary/aromatic N) is 3. The van der Waals surface area contributed by atoms with Crippen LogP contribution in [0.4, 0.5) is 4.39 Å². The van der Waals surface area contributed by atoms with Gasteiger partial charge in [0.05, 0.1) is 5.56 Å². The molecule has 0 saturated heterocycles. The number of hydrogen-bond acceptors (Lipinski definition) is 4. The summed E-state index contributed by atoms with van der Waals surface area (Å²) in [6, 6.07) is 14.4. The first-order valence-corrected chi connectivity index (χ1v) is 9.83. The van der Waals surface area contributed by atoms with E-state index in [1.807, 2.05) is 13.1 Å². The first-order chi connectivity index (χ1) is 13.2. The second kappa shape index (κ2) is 6.51. The van der Waals surface area contributed by atoms with Crippen molar-refractivity contribution in [2.45, 2.75) is 12.5 Å². The smallest absolute Gasteiger partial charge is 0.162 e. The molecule has 134 valence electrons. The minimum Gasteiger partial charge on any atom is -0.301 e. The molecule has 1 aliphatic heterocycles. The van der Waals surface area contributed by atoms with Gasteiger partial charge in [-0.15, -0.1) is 11.3 Å². The highest BCUT2D eigenvalue weighted by Gasteiger charge is 2.29. The van der Waals surface area contributed by atoms with Crippen molar-refractivity contribution in [3.63, 3.8) is 0 Å². The van der Waals surface area contributed by atoms with Gasteiger partial charge in [-0.1, -0.05) is 12.1 Å². The fourth-order valence-corrected chi connectivity index (χ4v) is 4.74. The van der Waals surface area contributed by atoms with Crippen molar-refractivity contribution in [3.8, 4) is 11.4 Å². The van der Waals surface area contributed by atoms with E-state index in [2.05, 4.69) is 50.6 Å². The van der Waals surface area contributed by atoms with Crippen LogP contribution in [0.3, 0.4) is 0 Å². The Morgan fingerprint density at radius 3 is 2.81 bits per heavy atom. The third-order valence-corrected chi connectivity index (χ3v) is 6.16. The molecular weight excluding hydrogens is 357 g/mol. The molecule has 2 aromatic heterocycles. The summed E-state index contributed by atoms with van der Waals surface area (Å²) in [6.45, 7) is 1.47. The maximum atomic E-state index is 15.4. The number of thiophene rings is 1. The van der Waals surface area contributed by atoms with Gasteiger partial charge in [0.25, 0.3) is 0 Å². The van der Waals surface area contributed by atoms with Gasteiger partial charge < -0.3 is 4.90 Å². The largest absolute Gasteiger partial charge is 0.301 e. The molecule has 0 N–H and O–H groups in total. The lowest BCUT2D eigenvalue weighted by atomic mass is 9.83. The van der Waals surface area contributed by atoms with Crippen molar-refractivity contribution >= 4 is 21.4 Å². The highest BCUT2D eigenvalue weighted by atomic mass is 32.1.